The molecule has 3 rings (SSSR count). The first-order valence-corrected chi connectivity index (χ1v) is 8.14. The molecule has 0 radical (unpaired) electrons. The zero-order chi connectivity index (χ0) is 14.8. The second-order valence-corrected chi connectivity index (χ2v) is 6.24. The van der Waals surface area contributed by atoms with Crippen molar-refractivity contribution in [2.75, 3.05) is 38.7 Å². The summed E-state index contributed by atoms with van der Waals surface area (Å²) in [7, 11) is 1.82. The molecule has 7 heteroatoms. The Kier molecular flexibility index (Phi) is 4.42. The monoisotopic (exact) mass is 311 g/mol. The molecule has 3 heterocycles. The number of anilines is 1. The minimum Gasteiger partial charge on any atom is -0.378 e. The summed E-state index contributed by atoms with van der Waals surface area (Å²) in [6.45, 7) is 4.78. The summed E-state index contributed by atoms with van der Waals surface area (Å²) < 4.78 is 15.4. The van der Waals surface area contributed by atoms with Crippen LogP contribution in [0.15, 0.2) is 0 Å². The summed E-state index contributed by atoms with van der Waals surface area (Å²) in [6.07, 6.45) is 1.80. The van der Waals surface area contributed by atoms with Crippen molar-refractivity contribution in [3.8, 4) is 0 Å². The Hall–Kier alpha value is -1.18. The fraction of sp³-hybridized carbons (Fsp3) is 0.714. The first-order valence-electron chi connectivity index (χ1n) is 7.37. The van der Waals surface area contributed by atoms with Gasteiger partial charge in [0.2, 0.25) is 0 Å². The quantitative estimate of drug-likeness (QED) is 0.921. The third kappa shape index (κ3) is 2.90. The second kappa shape index (κ2) is 6.29. The Balaban J connectivity index is 1.63. The molecule has 0 atom stereocenters. The number of ether oxygens (including phenoxy) is 2. The van der Waals surface area contributed by atoms with Crippen LogP contribution in [0.3, 0.4) is 0 Å². The van der Waals surface area contributed by atoms with Crippen molar-refractivity contribution in [1.82, 2.24) is 9.27 Å². The Bertz CT molecular complexity index is 506. The van der Waals surface area contributed by atoms with E-state index in [0.29, 0.717) is 24.7 Å². The van der Waals surface area contributed by atoms with Crippen LogP contribution in [0, 0.1) is 12.8 Å². The van der Waals surface area contributed by atoms with Crippen LogP contribution in [0.25, 0.3) is 0 Å². The number of hydrogen-bond acceptors (Lipinski definition) is 6. The molecule has 0 aromatic carbocycles. The minimum absolute atomic E-state index is 0.0697. The van der Waals surface area contributed by atoms with Gasteiger partial charge in [-0.15, -0.1) is 0 Å². The van der Waals surface area contributed by atoms with Crippen LogP contribution in [0.1, 0.15) is 28.9 Å². The summed E-state index contributed by atoms with van der Waals surface area (Å²) in [4.78, 5) is 14.6. The molecule has 0 aliphatic carbocycles. The van der Waals surface area contributed by atoms with Crippen molar-refractivity contribution in [2.45, 2.75) is 26.1 Å². The molecule has 2 aliphatic rings. The molecule has 1 amide bonds. The fourth-order valence-electron chi connectivity index (χ4n) is 2.97. The van der Waals surface area contributed by atoms with Crippen molar-refractivity contribution in [1.29, 1.82) is 0 Å². The van der Waals surface area contributed by atoms with E-state index in [-0.39, 0.29) is 12.2 Å². The van der Waals surface area contributed by atoms with E-state index in [2.05, 4.69) is 9.69 Å². The van der Waals surface area contributed by atoms with E-state index in [1.54, 1.807) is 0 Å². The third-order valence-corrected chi connectivity index (χ3v) is 5.12. The lowest BCUT2D eigenvalue weighted by atomic mass is 9.95. The van der Waals surface area contributed by atoms with Gasteiger partial charge in [0.1, 0.15) is 5.00 Å². The molecule has 2 fully saturated rings. The number of likely N-dealkylation sites (tertiary alicyclic amines) is 1. The van der Waals surface area contributed by atoms with Gasteiger partial charge in [-0.2, -0.15) is 4.37 Å². The molecule has 1 N–H and O–H groups in total. The number of hydrogen-bond donors (Lipinski definition) is 1. The summed E-state index contributed by atoms with van der Waals surface area (Å²) in [6, 6.07) is 0. The molecule has 6 nitrogen and oxygen atoms in total. The SMILES string of the molecule is CNc1snc(C)c1C(=O)N1CCC(C2OCCO2)CC1. The van der Waals surface area contributed by atoms with Gasteiger partial charge in [0.25, 0.3) is 5.91 Å². The highest BCUT2D eigenvalue weighted by molar-refractivity contribution is 7.10. The van der Waals surface area contributed by atoms with E-state index in [1.807, 2.05) is 18.9 Å². The van der Waals surface area contributed by atoms with Gasteiger partial charge < -0.3 is 19.7 Å². The number of aryl methyl sites for hydroxylation is 1. The first kappa shape index (κ1) is 14.7. The largest absolute Gasteiger partial charge is 0.378 e. The standard InChI is InChI=1S/C14H21N3O3S/c1-9-11(12(15-2)21-16-9)13(18)17-5-3-10(4-6-17)14-19-7-8-20-14/h10,14-15H,3-8H2,1-2H3. The molecule has 0 spiro atoms. The molecule has 1 aromatic heterocycles. The Morgan fingerprint density at radius 3 is 2.62 bits per heavy atom. The fourth-order valence-corrected chi connectivity index (χ4v) is 3.71. The number of aromatic nitrogens is 1. The zero-order valence-corrected chi connectivity index (χ0v) is 13.2. The average Bonchev–Trinajstić information content (AvgIpc) is 3.16. The van der Waals surface area contributed by atoms with Gasteiger partial charge in [0.15, 0.2) is 6.29 Å². The number of carbonyl (C=O) groups excluding carboxylic acids is 1. The molecular formula is C14H21N3O3S. The Morgan fingerprint density at radius 1 is 1.33 bits per heavy atom. The predicted octanol–water partition coefficient (Wildman–Crippen LogP) is 1.72. The third-order valence-electron chi connectivity index (χ3n) is 4.16. The molecular weight excluding hydrogens is 290 g/mol. The predicted molar refractivity (Wildman–Crippen MR) is 80.7 cm³/mol. The lowest BCUT2D eigenvalue weighted by Crippen LogP contribution is -2.41. The van der Waals surface area contributed by atoms with E-state index in [9.17, 15) is 4.79 Å². The van der Waals surface area contributed by atoms with Gasteiger partial charge >= 0.3 is 0 Å². The zero-order valence-electron chi connectivity index (χ0n) is 12.4. The van der Waals surface area contributed by atoms with Crippen molar-refractivity contribution in [2.24, 2.45) is 5.92 Å². The maximum atomic E-state index is 12.7. The summed E-state index contributed by atoms with van der Waals surface area (Å²) in [5.41, 5.74) is 1.52. The van der Waals surface area contributed by atoms with Gasteiger partial charge in [-0.25, -0.2) is 0 Å². The average molecular weight is 311 g/mol. The lowest BCUT2D eigenvalue weighted by molar-refractivity contribution is -0.0956. The van der Waals surface area contributed by atoms with Crippen LogP contribution in [0.2, 0.25) is 0 Å². The molecule has 2 aliphatic heterocycles. The Morgan fingerprint density at radius 2 is 2.00 bits per heavy atom. The molecule has 0 unspecified atom stereocenters. The van der Waals surface area contributed by atoms with Crippen molar-refractivity contribution in [3.63, 3.8) is 0 Å². The highest BCUT2D eigenvalue weighted by Gasteiger charge is 2.33. The lowest BCUT2D eigenvalue weighted by Gasteiger charge is -2.33. The number of amides is 1. The first-order chi connectivity index (χ1) is 10.2. The van der Waals surface area contributed by atoms with Crippen LogP contribution in [-0.2, 0) is 9.47 Å². The number of piperidine rings is 1. The maximum absolute atomic E-state index is 12.7. The van der Waals surface area contributed by atoms with Crippen LogP contribution in [0.4, 0.5) is 5.00 Å². The summed E-state index contributed by atoms with van der Waals surface area (Å²) in [5.74, 6) is 0.485. The number of carbonyl (C=O) groups is 1. The van der Waals surface area contributed by atoms with E-state index in [1.165, 1.54) is 11.5 Å². The van der Waals surface area contributed by atoms with Crippen molar-refractivity contribution >= 4 is 22.4 Å². The van der Waals surface area contributed by atoms with Gasteiger partial charge in [-0.3, -0.25) is 4.79 Å². The smallest absolute Gasteiger partial charge is 0.258 e. The number of rotatable bonds is 3. The maximum Gasteiger partial charge on any atom is 0.258 e. The molecule has 1 aromatic rings. The van der Waals surface area contributed by atoms with Gasteiger partial charge in [-0.05, 0) is 31.3 Å². The van der Waals surface area contributed by atoms with Crippen LogP contribution >= 0.6 is 11.5 Å². The summed E-state index contributed by atoms with van der Waals surface area (Å²) in [5, 5.41) is 3.91. The van der Waals surface area contributed by atoms with Crippen LogP contribution in [-0.4, -0.2) is 54.8 Å². The molecule has 2 saturated heterocycles. The van der Waals surface area contributed by atoms with Gasteiger partial charge in [-0.1, -0.05) is 0 Å². The van der Waals surface area contributed by atoms with Gasteiger partial charge in [0, 0.05) is 26.1 Å². The molecule has 21 heavy (non-hydrogen) atoms. The van der Waals surface area contributed by atoms with E-state index < -0.39 is 0 Å². The molecule has 0 bridgehead atoms. The van der Waals surface area contributed by atoms with Crippen LogP contribution in [0.5, 0.6) is 0 Å². The highest BCUT2D eigenvalue weighted by atomic mass is 32.1. The topological polar surface area (TPSA) is 63.7 Å². The Labute approximate surface area is 128 Å². The normalized spacial score (nSPS) is 21.0. The summed E-state index contributed by atoms with van der Waals surface area (Å²) >= 11 is 1.34. The van der Waals surface area contributed by atoms with Gasteiger partial charge in [0.05, 0.1) is 24.5 Å². The van der Waals surface area contributed by atoms with Crippen LogP contribution < -0.4 is 5.32 Å². The van der Waals surface area contributed by atoms with E-state index >= 15 is 0 Å². The molecule has 116 valence electrons. The van der Waals surface area contributed by atoms with Crippen molar-refractivity contribution in [3.05, 3.63) is 11.3 Å². The highest BCUT2D eigenvalue weighted by Crippen LogP contribution is 2.29. The number of nitrogens with one attached hydrogen (secondary N) is 1. The number of nitrogens with zero attached hydrogens (tertiary/aromatic N) is 2. The van der Waals surface area contributed by atoms with E-state index in [0.717, 1.165) is 36.6 Å². The minimum atomic E-state index is -0.0697. The molecule has 0 saturated carbocycles. The second-order valence-electron chi connectivity index (χ2n) is 5.46. The van der Waals surface area contributed by atoms with E-state index in [4.69, 9.17) is 9.47 Å². The van der Waals surface area contributed by atoms with Crippen molar-refractivity contribution < 1.29 is 14.3 Å².